The van der Waals surface area contributed by atoms with Crippen molar-refractivity contribution in [2.24, 2.45) is 5.10 Å². The van der Waals surface area contributed by atoms with Gasteiger partial charge < -0.3 is 9.84 Å². The predicted molar refractivity (Wildman–Crippen MR) is 136 cm³/mol. The number of benzene rings is 4. The number of nitrogens with zero attached hydrogens (tertiary/aromatic N) is 2. The van der Waals surface area contributed by atoms with Gasteiger partial charge in [0.1, 0.15) is 0 Å². The lowest BCUT2D eigenvalue weighted by molar-refractivity contribution is -0.385. The molecular weight excluding hydrogens is 474 g/mol. The van der Waals surface area contributed by atoms with Gasteiger partial charge in [-0.3, -0.25) is 14.9 Å². The molecule has 9 heteroatoms. The Bertz CT molecular complexity index is 1400. The molecule has 0 radical (unpaired) electrons. The van der Waals surface area contributed by atoms with E-state index in [-0.39, 0.29) is 16.9 Å². The Hall–Kier alpha value is -5.15. The fraction of sp³-hybridized carbons (Fsp3) is 0.0357. The molecule has 1 amide bonds. The third-order valence-corrected chi connectivity index (χ3v) is 5.48. The Balaban J connectivity index is 1.54. The van der Waals surface area contributed by atoms with E-state index in [0.717, 1.165) is 6.07 Å². The van der Waals surface area contributed by atoms with E-state index in [4.69, 9.17) is 4.74 Å². The van der Waals surface area contributed by atoms with Gasteiger partial charge in [0, 0.05) is 11.6 Å². The first kappa shape index (κ1) is 25.0. The van der Waals surface area contributed by atoms with Crippen LogP contribution in [0.3, 0.4) is 0 Å². The molecule has 0 bridgehead atoms. The van der Waals surface area contributed by atoms with Crippen molar-refractivity contribution in [2.45, 2.75) is 5.60 Å². The zero-order valence-electron chi connectivity index (χ0n) is 19.4. The number of nitrogens with one attached hydrogen (secondary N) is 1. The number of hydrazone groups is 1. The Morgan fingerprint density at radius 1 is 0.865 bits per heavy atom. The van der Waals surface area contributed by atoms with Crippen LogP contribution in [0.5, 0.6) is 5.75 Å². The molecule has 0 aliphatic rings. The number of esters is 1. The Labute approximate surface area is 211 Å². The fourth-order valence-corrected chi connectivity index (χ4v) is 3.61. The number of amides is 1. The summed E-state index contributed by atoms with van der Waals surface area (Å²) in [6.45, 7) is 0. The first-order chi connectivity index (χ1) is 17.9. The average Bonchev–Trinajstić information content (AvgIpc) is 2.94. The van der Waals surface area contributed by atoms with Gasteiger partial charge in [0.15, 0.2) is 5.60 Å². The smallest absolute Gasteiger partial charge is 0.343 e. The lowest BCUT2D eigenvalue weighted by atomic mass is 9.85. The second-order valence-corrected chi connectivity index (χ2v) is 7.88. The SMILES string of the molecule is O=C(Oc1ccc(/C=N\NC(=O)C(O)(c2ccccc2)c2ccccc2)cc1[N+](=O)[O-])c1ccccc1. The molecule has 4 aromatic carbocycles. The number of hydrogen-bond donors (Lipinski definition) is 2. The molecule has 0 aromatic heterocycles. The van der Waals surface area contributed by atoms with Gasteiger partial charge in [0.05, 0.1) is 16.7 Å². The summed E-state index contributed by atoms with van der Waals surface area (Å²) in [4.78, 5) is 36.3. The van der Waals surface area contributed by atoms with Crippen LogP contribution in [-0.4, -0.2) is 28.1 Å². The maximum atomic E-state index is 13.1. The molecule has 0 heterocycles. The van der Waals surface area contributed by atoms with Gasteiger partial charge in [-0.05, 0) is 35.4 Å². The van der Waals surface area contributed by atoms with Crippen LogP contribution in [0, 0.1) is 10.1 Å². The Kier molecular flexibility index (Phi) is 7.46. The molecule has 0 saturated heterocycles. The van der Waals surface area contributed by atoms with Crippen molar-refractivity contribution in [2.75, 3.05) is 0 Å². The molecule has 0 aliphatic carbocycles. The van der Waals surface area contributed by atoms with Crippen LogP contribution in [0.4, 0.5) is 5.69 Å². The molecule has 0 aliphatic heterocycles. The minimum atomic E-state index is -2.03. The van der Waals surface area contributed by atoms with E-state index in [1.54, 1.807) is 78.9 Å². The van der Waals surface area contributed by atoms with Crippen molar-refractivity contribution >= 4 is 23.8 Å². The number of rotatable bonds is 8. The molecule has 4 aromatic rings. The van der Waals surface area contributed by atoms with Crippen LogP contribution < -0.4 is 10.2 Å². The van der Waals surface area contributed by atoms with E-state index < -0.39 is 28.1 Å². The largest absolute Gasteiger partial charge is 0.416 e. The molecule has 184 valence electrons. The van der Waals surface area contributed by atoms with Gasteiger partial charge >= 0.3 is 11.7 Å². The normalized spacial score (nSPS) is 11.2. The second kappa shape index (κ2) is 11.1. The topological polar surface area (TPSA) is 131 Å². The summed E-state index contributed by atoms with van der Waals surface area (Å²) in [5.74, 6) is -1.79. The zero-order valence-corrected chi connectivity index (χ0v) is 19.4. The number of carbonyl (C=O) groups excluding carboxylic acids is 2. The quantitative estimate of drug-likeness (QED) is 0.124. The minimum absolute atomic E-state index is 0.234. The highest BCUT2D eigenvalue weighted by molar-refractivity contribution is 5.92. The van der Waals surface area contributed by atoms with E-state index in [1.165, 1.54) is 30.5 Å². The molecule has 0 unspecified atom stereocenters. The number of hydrogen-bond acceptors (Lipinski definition) is 7. The number of nitro groups is 1. The summed E-state index contributed by atoms with van der Waals surface area (Å²) < 4.78 is 5.21. The number of aliphatic hydroxyl groups is 1. The monoisotopic (exact) mass is 495 g/mol. The third kappa shape index (κ3) is 5.58. The van der Waals surface area contributed by atoms with Crippen molar-refractivity contribution in [3.05, 3.63) is 142 Å². The zero-order chi connectivity index (χ0) is 26.3. The maximum absolute atomic E-state index is 13.1. The Morgan fingerprint density at radius 3 is 1.95 bits per heavy atom. The van der Waals surface area contributed by atoms with Crippen LogP contribution >= 0.6 is 0 Å². The standard InChI is InChI=1S/C28H21N3O6/c32-26(21-10-4-1-5-11-21)37-25-17-16-20(18-24(25)31(35)36)19-29-30-27(33)28(34,22-12-6-2-7-13-22)23-14-8-3-9-15-23/h1-19,34H,(H,30,33)/b29-19-. The molecular formula is C28H21N3O6. The first-order valence-corrected chi connectivity index (χ1v) is 11.1. The van der Waals surface area contributed by atoms with E-state index in [1.807, 2.05) is 0 Å². The molecule has 4 rings (SSSR count). The highest BCUT2D eigenvalue weighted by Gasteiger charge is 2.39. The van der Waals surface area contributed by atoms with Gasteiger partial charge in [-0.1, -0.05) is 78.9 Å². The molecule has 0 atom stereocenters. The molecule has 0 spiro atoms. The minimum Gasteiger partial charge on any atom is -0.416 e. The summed E-state index contributed by atoms with van der Waals surface area (Å²) in [6, 6.07) is 28.8. The van der Waals surface area contributed by atoms with Crippen LogP contribution in [-0.2, 0) is 10.4 Å². The average molecular weight is 495 g/mol. The number of ether oxygens (including phenoxy) is 1. The Morgan fingerprint density at radius 2 is 1.41 bits per heavy atom. The van der Waals surface area contributed by atoms with Crippen LogP contribution in [0.25, 0.3) is 0 Å². The second-order valence-electron chi connectivity index (χ2n) is 7.88. The van der Waals surface area contributed by atoms with Crippen LogP contribution in [0.2, 0.25) is 0 Å². The lowest BCUT2D eigenvalue weighted by Gasteiger charge is -2.27. The summed E-state index contributed by atoms with van der Waals surface area (Å²) in [5, 5.41) is 26.9. The molecule has 0 saturated carbocycles. The van der Waals surface area contributed by atoms with Crippen molar-refractivity contribution in [1.82, 2.24) is 5.43 Å². The van der Waals surface area contributed by atoms with Crippen LogP contribution in [0.15, 0.2) is 114 Å². The van der Waals surface area contributed by atoms with Gasteiger partial charge in [-0.2, -0.15) is 5.10 Å². The van der Waals surface area contributed by atoms with Gasteiger partial charge in [-0.25, -0.2) is 10.2 Å². The number of carbonyl (C=O) groups is 2. The predicted octanol–water partition coefficient (Wildman–Crippen LogP) is 4.20. The summed E-state index contributed by atoms with van der Waals surface area (Å²) in [5.41, 5.74) is 1.02. The van der Waals surface area contributed by atoms with Crippen molar-refractivity contribution in [3.8, 4) is 5.75 Å². The van der Waals surface area contributed by atoms with Crippen molar-refractivity contribution < 1.29 is 24.4 Å². The van der Waals surface area contributed by atoms with Crippen LogP contribution in [0.1, 0.15) is 27.0 Å². The van der Waals surface area contributed by atoms with E-state index >= 15 is 0 Å². The van der Waals surface area contributed by atoms with E-state index in [0.29, 0.717) is 11.1 Å². The van der Waals surface area contributed by atoms with Gasteiger partial charge in [0.2, 0.25) is 5.75 Å². The molecule has 0 fully saturated rings. The van der Waals surface area contributed by atoms with Gasteiger partial charge in [0.25, 0.3) is 5.91 Å². The molecule has 37 heavy (non-hydrogen) atoms. The fourth-order valence-electron chi connectivity index (χ4n) is 3.61. The van der Waals surface area contributed by atoms with Crippen molar-refractivity contribution in [3.63, 3.8) is 0 Å². The highest BCUT2D eigenvalue weighted by Crippen LogP contribution is 2.30. The summed E-state index contributed by atoms with van der Waals surface area (Å²) in [7, 11) is 0. The lowest BCUT2D eigenvalue weighted by Crippen LogP contribution is -2.43. The molecule has 2 N–H and O–H groups in total. The van der Waals surface area contributed by atoms with E-state index in [2.05, 4.69) is 10.5 Å². The number of nitro benzene ring substituents is 1. The van der Waals surface area contributed by atoms with Crippen molar-refractivity contribution in [1.29, 1.82) is 0 Å². The third-order valence-electron chi connectivity index (χ3n) is 5.48. The van der Waals surface area contributed by atoms with E-state index in [9.17, 15) is 24.8 Å². The summed E-state index contributed by atoms with van der Waals surface area (Å²) in [6.07, 6.45) is 1.18. The molecule has 9 nitrogen and oxygen atoms in total. The van der Waals surface area contributed by atoms with Gasteiger partial charge in [-0.15, -0.1) is 0 Å². The summed E-state index contributed by atoms with van der Waals surface area (Å²) >= 11 is 0. The first-order valence-electron chi connectivity index (χ1n) is 11.1. The maximum Gasteiger partial charge on any atom is 0.343 e. The highest BCUT2D eigenvalue weighted by atomic mass is 16.6.